The highest BCUT2D eigenvalue weighted by molar-refractivity contribution is 14.0. The highest BCUT2D eigenvalue weighted by atomic mass is 127. The number of rotatable bonds is 7. The zero-order chi connectivity index (χ0) is 21.6. The maximum atomic E-state index is 12.0. The number of carbonyl (C=O) groups is 1. The molecule has 1 aromatic heterocycles. The summed E-state index contributed by atoms with van der Waals surface area (Å²) in [5, 5.41) is 10.0. The molecule has 10 heteroatoms. The summed E-state index contributed by atoms with van der Waals surface area (Å²) < 4.78 is 0. The minimum Gasteiger partial charge on any atom is -0.356 e. The van der Waals surface area contributed by atoms with Gasteiger partial charge in [0.2, 0.25) is 5.91 Å². The maximum Gasteiger partial charge on any atom is 0.234 e. The minimum atomic E-state index is 0. The molecular formula is C22H38IN7OS. The molecule has 4 rings (SSSR count). The first kappa shape index (κ1) is 25.6. The van der Waals surface area contributed by atoms with Gasteiger partial charge in [0.25, 0.3) is 0 Å². The number of aryl methyl sites for hydroxylation is 1. The quantitative estimate of drug-likeness (QED) is 0.293. The molecule has 1 saturated carbocycles. The Balaban J connectivity index is 0.00000289. The molecule has 0 radical (unpaired) electrons. The monoisotopic (exact) mass is 575 g/mol. The lowest BCUT2D eigenvalue weighted by atomic mass is 9.97. The van der Waals surface area contributed by atoms with Gasteiger partial charge < -0.3 is 15.5 Å². The van der Waals surface area contributed by atoms with E-state index in [-0.39, 0.29) is 29.9 Å². The van der Waals surface area contributed by atoms with Crippen molar-refractivity contribution in [2.45, 2.75) is 45.2 Å². The average molecular weight is 576 g/mol. The van der Waals surface area contributed by atoms with Gasteiger partial charge in [0, 0.05) is 57.7 Å². The second-order valence-corrected chi connectivity index (χ2v) is 10.2. The standard InChI is InChI=1S/C22H37N7OS.HI/c1-17-25-20(16-31-17)14-27-7-5-18(6-8-27)13-24-22(23-2)29-11-9-28(10-12-29)15-21(30)26-19-3-4-19;/h16,18-19H,3-15H2,1-2H3,(H,23,24)(H,26,30);1H. The van der Waals surface area contributed by atoms with E-state index >= 15 is 0 Å². The fraction of sp³-hybridized carbons (Fsp3) is 0.773. The molecule has 0 aromatic carbocycles. The predicted octanol–water partition coefficient (Wildman–Crippen LogP) is 1.75. The van der Waals surface area contributed by atoms with Crippen molar-refractivity contribution in [3.63, 3.8) is 0 Å². The molecule has 1 amide bonds. The maximum absolute atomic E-state index is 12.0. The highest BCUT2D eigenvalue weighted by Gasteiger charge is 2.26. The Morgan fingerprint density at radius 2 is 1.84 bits per heavy atom. The van der Waals surface area contributed by atoms with Crippen molar-refractivity contribution in [1.82, 2.24) is 30.3 Å². The van der Waals surface area contributed by atoms with Gasteiger partial charge in [-0.25, -0.2) is 4.98 Å². The Morgan fingerprint density at radius 1 is 1.12 bits per heavy atom. The highest BCUT2D eigenvalue weighted by Crippen LogP contribution is 2.20. The van der Waals surface area contributed by atoms with Gasteiger partial charge in [0.15, 0.2) is 5.96 Å². The third-order valence-electron chi connectivity index (χ3n) is 6.50. The Bertz CT molecular complexity index is 753. The molecular weight excluding hydrogens is 537 g/mol. The number of halogens is 1. The van der Waals surface area contributed by atoms with Crippen LogP contribution in [-0.2, 0) is 11.3 Å². The van der Waals surface area contributed by atoms with Gasteiger partial charge in [0.1, 0.15) is 0 Å². The number of nitrogens with one attached hydrogen (secondary N) is 2. The van der Waals surface area contributed by atoms with Gasteiger partial charge in [-0.2, -0.15) is 0 Å². The minimum absolute atomic E-state index is 0. The van der Waals surface area contributed by atoms with Crippen molar-refractivity contribution in [1.29, 1.82) is 0 Å². The molecule has 3 aliphatic rings. The largest absolute Gasteiger partial charge is 0.356 e. The number of amides is 1. The number of aliphatic imine (C=N–C) groups is 1. The summed E-state index contributed by atoms with van der Waals surface area (Å²) in [5.74, 6) is 1.87. The molecule has 1 aromatic rings. The number of likely N-dealkylation sites (tertiary alicyclic amines) is 1. The molecule has 3 fully saturated rings. The Hall–Kier alpha value is -0.980. The smallest absolute Gasteiger partial charge is 0.234 e. The van der Waals surface area contributed by atoms with Crippen molar-refractivity contribution in [3.8, 4) is 0 Å². The van der Waals surface area contributed by atoms with Crippen molar-refractivity contribution in [2.24, 2.45) is 10.9 Å². The first-order valence-corrected chi connectivity index (χ1v) is 12.6. The van der Waals surface area contributed by atoms with E-state index in [0.29, 0.717) is 18.5 Å². The van der Waals surface area contributed by atoms with Crippen molar-refractivity contribution in [3.05, 3.63) is 16.1 Å². The fourth-order valence-corrected chi connectivity index (χ4v) is 5.05. The van der Waals surface area contributed by atoms with E-state index in [0.717, 1.165) is 76.2 Å². The van der Waals surface area contributed by atoms with E-state index < -0.39 is 0 Å². The SMILES string of the molecule is CN=C(NCC1CCN(Cc2csc(C)n2)CC1)N1CCN(CC(=O)NC2CC2)CC1.I. The summed E-state index contributed by atoms with van der Waals surface area (Å²) in [6, 6.07) is 0.445. The summed E-state index contributed by atoms with van der Waals surface area (Å²) in [5.41, 5.74) is 1.21. The van der Waals surface area contributed by atoms with E-state index in [1.165, 1.54) is 18.5 Å². The van der Waals surface area contributed by atoms with E-state index in [9.17, 15) is 4.79 Å². The van der Waals surface area contributed by atoms with E-state index in [1.807, 2.05) is 7.05 Å². The van der Waals surface area contributed by atoms with Gasteiger partial charge in [-0.05, 0) is 51.6 Å². The number of piperazine rings is 1. The van der Waals surface area contributed by atoms with Crippen molar-refractivity contribution in [2.75, 3.05) is 59.4 Å². The summed E-state index contributed by atoms with van der Waals surface area (Å²) in [4.78, 5) is 28.3. The third kappa shape index (κ3) is 7.81. The van der Waals surface area contributed by atoms with E-state index in [1.54, 1.807) is 11.3 Å². The van der Waals surface area contributed by atoms with Crippen LogP contribution >= 0.6 is 35.3 Å². The predicted molar refractivity (Wildman–Crippen MR) is 141 cm³/mol. The molecule has 3 heterocycles. The Morgan fingerprint density at radius 3 is 2.44 bits per heavy atom. The number of aromatic nitrogens is 1. The molecule has 0 bridgehead atoms. The average Bonchev–Trinajstić information content (AvgIpc) is 3.49. The van der Waals surface area contributed by atoms with Gasteiger partial charge in [-0.15, -0.1) is 35.3 Å². The second-order valence-electron chi connectivity index (χ2n) is 9.11. The number of piperidine rings is 1. The zero-order valence-electron chi connectivity index (χ0n) is 19.4. The van der Waals surface area contributed by atoms with Crippen LogP contribution in [0.15, 0.2) is 10.4 Å². The molecule has 2 aliphatic heterocycles. The number of guanidine groups is 1. The van der Waals surface area contributed by atoms with Crippen LogP contribution < -0.4 is 10.6 Å². The molecule has 8 nitrogen and oxygen atoms in total. The summed E-state index contributed by atoms with van der Waals surface area (Å²) in [6.07, 6.45) is 4.73. The number of thiazole rings is 1. The van der Waals surface area contributed by atoms with Crippen LogP contribution in [0.2, 0.25) is 0 Å². The van der Waals surface area contributed by atoms with Crippen LogP contribution in [0.5, 0.6) is 0 Å². The Kier molecular flexibility index (Phi) is 9.99. The van der Waals surface area contributed by atoms with Crippen LogP contribution in [0.1, 0.15) is 36.4 Å². The number of hydrogen-bond donors (Lipinski definition) is 2. The summed E-state index contributed by atoms with van der Waals surface area (Å²) >= 11 is 1.74. The van der Waals surface area contributed by atoms with E-state index in [2.05, 4.69) is 47.6 Å². The number of nitrogens with zero attached hydrogens (tertiary/aromatic N) is 5. The molecule has 0 unspecified atom stereocenters. The summed E-state index contributed by atoms with van der Waals surface area (Å²) in [6.45, 7) is 10.5. The normalized spacial score (nSPS) is 21.3. The Labute approximate surface area is 213 Å². The first-order valence-electron chi connectivity index (χ1n) is 11.7. The van der Waals surface area contributed by atoms with Crippen molar-refractivity contribution >= 4 is 47.2 Å². The van der Waals surface area contributed by atoms with Crippen LogP contribution in [0.3, 0.4) is 0 Å². The molecule has 0 atom stereocenters. The topological polar surface area (TPSA) is 76.1 Å². The molecule has 2 saturated heterocycles. The van der Waals surface area contributed by atoms with Crippen LogP contribution in [0.4, 0.5) is 0 Å². The summed E-state index contributed by atoms with van der Waals surface area (Å²) in [7, 11) is 1.87. The molecule has 0 spiro atoms. The molecule has 1 aliphatic carbocycles. The van der Waals surface area contributed by atoms with Crippen molar-refractivity contribution < 1.29 is 4.79 Å². The van der Waals surface area contributed by atoms with Gasteiger partial charge in [0.05, 0.1) is 17.2 Å². The van der Waals surface area contributed by atoms with Gasteiger partial charge in [-0.1, -0.05) is 0 Å². The lowest BCUT2D eigenvalue weighted by Crippen LogP contribution is -2.54. The third-order valence-corrected chi connectivity index (χ3v) is 7.32. The lowest BCUT2D eigenvalue weighted by molar-refractivity contribution is -0.122. The molecule has 180 valence electrons. The lowest BCUT2D eigenvalue weighted by Gasteiger charge is -2.37. The van der Waals surface area contributed by atoms with Crippen LogP contribution in [0.25, 0.3) is 0 Å². The van der Waals surface area contributed by atoms with Gasteiger partial charge >= 0.3 is 0 Å². The van der Waals surface area contributed by atoms with Crippen LogP contribution in [-0.4, -0.2) is 97.0 Å². The van der Waals surface area contributed by atoms with Crippen LogP contribution in [0, 0.1) is 12.8 Å². The number of hydrogen-bond acceptors (Lipinski definition) is 6. The van der Waals surface area contributed by atoms with Gasteiger partial charge in [-0.3, -0.25) is 19.6 Å². The molecule has 2 N–H and O–H groups in total. The second kappa shape index (κ2) is 12.5. The zero-order valence-corrected chi connectivity index (χ0v) is 22.5. The first-order chi connectivity index (χ1) is 15.1. The fourth-order valence-electron chi connectivity index (χ4n) is 4.45. The number of carbonyl (C=O) groups excluding carboxylic acids is 1. The molecule has 32 heavy (non-hydrogen) atoms. The van der Waals surface area contributed by atoms with E-state index in [4.69, 9.17) is 0 Å².